The van der Waals surface area contributed by atoms with Gasteiger partial charge in [-0.15, -0.1) is 0 Å². The lowest BCUT2D eigenvalue weighted by Crippen LogP contribution is -2.24. The van der Waals surface area contributed by atoms with E-state index in [1.54, 1.807) is 24.3 Å². The van der Waals surface area contributed by atoms with E-state index in [-0.39, 0.29) is 18.3 Å². The summed E-state index contributed by atoms with van der Waals surface area (Å²) in [4.78, 5) is 11.9. The Balaban J connectivity index is 1.53. The van der Waals surface area contributed by atoms with Gasteiger partial charge in [0.25, 0.3) is 5.91 Å². The normalized spacial score (nSPS) is 10.9. The van der Waals surface area contributed by atoms with Crippen LogP contribution in [0.3, 0.4) is 0 Å². The molecule has 1 aromatic heterocycles. The number of hydrazone groups is 1. The maximum absolute atomic E-state index is 13.0. The van der Waals surface area contributed by atoms with Gasteiger partial charge in [0.05, 0.1) is 6.21 Å². The molecular formula is C21H19FN2O3. The first kappa shape index (κ1) is 18.4. The molecule has 0 saturated heterocycles. The van der Waals surface area contributed by atoms with Crippen molar-refractivity contribution in [2.24, 2.45) is 5.10 Å². The maximum atomic E-state index is 13.0. The van der Waals surface area contributed by atoms with Crippen molar-refractivity contribution in [1.29, 1.82) is 0 Å². The first-order valence-electron chi connectivity index (χ1n) is 8.39. The van der Waals surface area contributed by atoms with Crippen molar-refractivity contribution < 1.29 is 18.3 Å². The quantitative estimate of drug-likeness (QED) is 0.524. The van der Waals surface area contributed by atoms with Crippen LogP contribution in [0.5, 0.6) is 5.75 Å². The fourth-order valence-corrected chi connectivity index (χ4v) is 2.56. The number of aryl methyl sites for hydroxylation is 2. The molecule has 27 heavy (non-hydrogen) atoms. The van der Waals surface area contributed by atoms with Gasteiger partial charge in [-0.25, -0.2) is 9.82 Å². The third-order valence-corrected chi connectivity index (χ3v) is 3.89. The van der Waals surface area contributed by atoms with E-state index in [1.807, 2.05) is 32.0 Å². The predicted molar refractivity (Wildman–Crippen MR) is 101 cm³/mol. The van der Waals surface area contributed by atoms with Crippen LogP contribution in [-0.2, 0) is 4.79 Å². The molecule has 3 rings (SSSR count). The van der Waals surface area contributed by atoms with E-state index in [4.69, 9.17) is 9.15 Å². The van der Waals surface area contributed by atoms with Crippen molar-refractivity contribution in [3.63, 3.8) is 0 Å². The standard InChI is InChI=1S/C21H19FN2O3/c1-14-4-3-5-15(2)21(14)26-13-20(25)24-23-12-18-10-11-19(27-18)16-6-8-17(22)9-7-16/h3-12H,13H2,1-2H3,(H,24,25)/b23-12+. The number of carbonyl (C=O) groups excluding carboxylic acids is 1. The molecular weight excluding hydrogens is 347 g/mol. The number of furan rings is 1. The summed E-state index contributed by atoms with van der Waals surface area (Å²) in [5.74, 6) is 1.06. The molecule has 0 spiro atoms. The minimum Gasteiger partial charge on any atom is -0.483 e. The zero-order valence-electron chi connectivity index (χ0n) is 15.0. The van der Waals surface area contributed by atoms with E-state index in [0.717, 1.165) is 16.7 Å². The van der Waals surface area contributed by atoms with Crippen molar-refractivity contribution in [1.82, 2.24) is 5.43 Å². The van der Waals surface area contributed by atoms with E-state index in [0.29, 0.717) is 17.3 Å². The molecule has 0 bridgehead atoms. The van der Waals surface area contributed by atoms with Gasteiger partial charge in [0.1, 0.15) is 23.1 Å². The number of hydrogen-bond acceptors (Lipinski definition) is 4. The number of hydrogen-bond donors (Lipinski definition) is 1. The van der Waals surface area contributed by atoms with Crippen LogP contribution in [0.1, 0.15) is 16.9 Å². The average molecular weight is 366 g/mol. The molecule has 138 valence electrons. The highest BCUT2D eigenvalue weighted by Crippen LogP contribution is 2.22. The highest BCUT2D eigenvalue weighted by Gasteiger charge is 2.07. The summed E-state index contributed by atoms with van der Waals surface area (Å²) in [6, 6.07) is 15.2. The molecule has 0 saturated carbocycles. The van der Waals surface area contributed by atoms with Crippen molar-refractivity contribution in [2.45, 2.75) is 13.8 Å². The van der Waals surface area contributed by atoms with Crippen molar-refractivity contribution in [3.8, 4) is 17.1 Å². The minimum atomic E-state index is -0.376. The van der Waals surface area contributed by atoms with E-state index in [1.165, 1.54) is 18.3 Å². The number of carbonyl (C=O) groups is 1. The SMILES string of the molecule is Cc1cccc(C)c1OCC(=O)N/N=C/c1ccc(-c2ccc(F)cc2)o1. The molecule has 0 radical (unpaired) electrons. The third-order valence-electron chi connectivity index (χ3n) is 3.89. The second kappa shape index (κ2) is 8.31. The van der Waals surface area contributed by atoms with Gasteiger partial charge in [0, 0.05) is 5.56 Å². The summed E-state index contributed by atoms with van der Waals surface area (Å²) < 4.78 is 24.1. The molecule has 3 aromatic rings. The summed E-state index contributed by atoms with van der Waals surface area (Å²) >= 11 is 0. The summed E-state index contributed by atoms with van der Waals surface area (Å²) in [5.41, 5.74) is 5.08. The summed E-state index contributed by atoms with van der Waals surface area (Å²) in [6.07, 6.45) is 1.39. The number of nitrogens with zero attached hydrogens (tertiary/aromatic N) is 1. The molecule has 0 aliphatic rings. The first-order chi connectivity index (χ1) is 13.0. The van der Waals surface area contributed by atoms with Gasteiger partial charge in [-0.2, -0.15) is 5.10 Å². The number of halogens is 1. The van der Waals surface area contributed by atoms with E-state index in [9.17, 15) is 9.18 Å². The molecule has 1 amide bonds. The number of nitrogens with one attached hydrogen (secondary N) is 1. The minimum absolute atomic E-state index is 0.137. The van der Waals surface area contributed by atoms with E-state index >= 15 is 0 Å². The Morgan fingerprint density at radius 1 is 1.11 bits per heavy atom. The van der Waals surface area contributed by atoms with Crippen molar-refractivity contribution in [2.75, 3.05) is 6.61 Å². The van der Waals surface area contributed by atoms with Gasteiger partial charge in [0.2, 0.25) is 0 Å². The molecule has 1 N–H and O–H groups in total. The number of benzene rings is 2. The Labute approximate surface area is 156 Å². The molecule has 6 heteroatoms. The van der Waals surface area contributed by atoms with Crippen LogP contribution < -0.4 is 10.2 Å². The van der Waals surface area contributed by atoms with E-state index in [2.05, 4.69) is 10.5 Å². The lowest BCUT2D eigenvalue weighted by molar-refractivity contribution is -0.123. The Morgan fingerprint density at radius 2 is 1.81 bits per heavy atom. The summed E-state index contributed by atoms with van der Waals surface area (Å²) in [7, 11) is 0. The molecule has 2 aromatic carbocycles. The Kier molecular flexibility index (Phi) is 5.66. The summed E-state index contributed by atoms with van der Waals surface area (Å²) in [5, 5.41) is 3.86. The highest BCUT2D eigenvalue weighted by atomic mass is 19.1. The Bertz CT molecular complexity index is 942. The van der Waals surface area contributed by atoms with Crippen LogP contribution in [0.25, 0.3) is 11.3 Å². The molecule has 5 nitrogen and oxygen atoms in total. The lowest BCUT2D eigenvalue weighted by atomic mass is 10.1. The number of ether oxygens (including phenoxy) is 1. The number of para-hydroxylation sites is 1. The third kappa shape index (κ3) is 4.82. The highest BCUT2D eigenvalue weighted by molar-refractivity contribution is 5.81. The first-order valence-corrected chi connectivity index (χ1v) is 8.39. The summed E-state index contributed by atoms with van der Waals surface area (Å²) in [6.45, 7) is 3.71. The smallest absolute Gasteiger partial charge is 0.277 e. The van der Waals surface area contributed by atoms with Crippen LogP contribution in [0.2, 0.25) is 0 Å². The second-order valence-corrected chi connectivity index (χ2v) is 6.01. The van der Waals surface area contributed by atoms with Crippen molar-refractivity contribution >= 4 is 12.1 Å². The van der Waals surface area contributed by atoms with Gasteiger partial charge in [-0.05, 0) is 61.4 Å². The fraction of sp³-hybridized carbons (Fsp3) is 0.143. The number of amides is 1. The van der Waals surface area contributed by atoms with Crippen molar-refractivity contribution in [3.05, 3.63) is 77.3 Å². The molecule has 1 heterocycles. The van der Waals surface area contributed by atoms with Gasteiger partial charge >= 0.3 is 0 Å². The van der Waals surface area contributed by atoms with Gasteiger partial charge < -0.3 is 9.15 Å². The predicted octanol–water partition coefficient (Wildman–Crippen LogP) is 4.23. The maximum Gasteiger partial charge on any atom is 0.277 e. The second-order valence-electron chi connectivity index (χ2n) is 6.01. The van der Waals surface area contributed by atoms with Gasteiger partial charge in [-0.1, -0.05) is 18.2 Å². The van der Waals surface area contributed by atoms with E-state index < -0.39 is 0 Å². The lowest BCUT2D eigenvalue weighted by Gasteiger charge is -2.10. The molecule has 0 aliphatic heterocycles. The zero-order valence-corrected chi connectivity index (χ0v) is 15.0. The number of rotatable bonds is 6. The molecule has 0 aliphatic carbocycles. The van der Waals surface area contributed by atoms with Crippen LogP contribution in [0, 0.1) is 19.7 Å². The van der Waals surface area contributed by atoms with Crippen LogP contribution in [0.15, 0.2) is 64.1 Å². The largest absolute Gasteiger partial charge is 0.483 e. The zero-order chi connectivity index (χ0) is 19.2. The molecule has 0 unspecified atom stereocenters. The Hall–Kier alpha value is -3.41. The van der Waals surface area contributed by atoms with Crippen LogP contribution in [0.4, 0.5) is 4.39 Å². The van der Waals surface area contributed by atoms with Gasteiger partial charge in [0.15, 0.2) is 6.61 Å². The fourth-order valence-electron chi connectivity index (χ4n) is 2.56. The van der Waals surface area contributed by atoms with Gasteiger partial charge in [-0.3, -0.25) is 4.79 Å². The Morgan fingerprint density at radius 3 is 2.52 bits per heavy atom. The van der Waals surface area contributed by atoms with Crippen LogP contribution >= 0.6 is 0 Å². The van der Waals surface area contributed by atoms with Crippen LogP contribution in [-0.4, -0.2) is 18.7 Å². The molecule has 0 fully saturated rings. The topological polar surface area (TPSA) is 63.8 Å². The average Bonchev–Trinajstić information content (AvgIpc) is 3.11. The molecule has 0 atom stereocenters. The monoisotopic (exact) mass is 366 g/mol.